The fourth-order valence-electron chi connectivity index (χ4n) is 1.50. The van der Waals surface area contributed by atoms with Gasteiger partial charge in [0.05, 0.1) is 7.11 Å². The van der Waals surface area contributed by atoms with Gasteiger partial charge in [0, 0.05) is 12.1 Å². The van der Waals surface area contributed by atoms with Crippen molar-refractivity contribution >= 4 is 5.91 Å². The Labute approximate surface area is 102 Å². The Morgan fingerprint density at radius 2 is 2.06 bits per heavy atom. The van der Waals surface area contributed by atoms with Crippen molar-refractivity contribution in [3.05, 3.63) is 29.8 Å². The molecule has 0 fully saturated rings. The molecule has 0 aliphatic carbocycles. The van der Waals surface area contributed by atoms with Crippen LogP contribution in [0.25, 0.3) is 0 Å². The molecule has 17 heavy (non-hydrogen) atoms. The van der Waals surface area contributed by atoms with Crippen LogP contribution in [0.1, 0.15) is 23.7 Å². The number of carbonyl (C=O) groups is 1. The number of hydrogen-bond acceptors (Lipinski definition) is 3. The molecule has 3 N–H and O–H groups in total. The molecular weight excluding hydrogens is 216 g/mol. The molecule has 0 aromatic heterocycles. The predicted molar refractivity (Wildman–Crippen MR) is 68.2 cm³/mol. The number of ether oxygens (including phenoxy) is 1. The maximum atomic E-state index is 11.8. The lowest BCUT2D eigenvalue weighted by atomic mass is 10.1. The largest absolute Gasteiger partial charge is 0.497 e. The first-order valence-electron chi connectivity index (χ1n) is 5.79. The van der Waals surface area contributed by atoms with E-state index in [1.165, 1.54) is 0 Å². The van der Waals surface area contributed by atoms with Gasteiger partial charge in [-0.25, -0.2) is 0 Å². The van der Waals surface area contributed by atoms with Gasteiger partial charge < -0.3 is 15.8 Å². The van der Waals surface area contributed by atoms with E-state index in [1.54, 1.807) is 31.4 Å². The normalized spacial score (nSPS) is 11.9. The summed E-state index contributed by atoms with van der Waals surface area (Å²) in [6.45, 7) is 3.38. The number of rotatable bonds is 6. The maximum absolute atomic E-state index is 11.8. The fraction of sp³-hybridized carbons (Fsp3) is 0.462. The number of nitrogens with one attached hydrogen (secondary N) is 1. The Kier molecular flexibility index (Phi) is 5.49. The predicted octanol–water partition coefficient (Wildman–Crippen LogP) is 1.41. The van der Waals surface area contributed by atoms with Gasteiger partial charge in [-0.1, -0.05) is 6.92 Å². The van der Waals surface area contributed by atoms with E-state index in [1.807, 2.05) is 0 Å². The van der Waals surface area contributed by atoms with Crippen LogP contribution in [0.15, 0.2) is 24.3 Å². The second kappa shape index (κ2) is 6.91. The van der Waals surface area contributed by atoms with E-state index in [4.69, 9.17) is 10.5 Å². The van der Waals surface area contributed by atoms with Crippen LogP contribution in [0.3, 0.4) is 0 Å². The molecule has 0 heterocycles. The third-order valence-corrected chi connectivity index (χ3v) is 2.62. The highest BCUT2D eigenvalue weighted by molar-refractivity contribution is 5.94. The van der Waals surface area contributed by atoms with Crippen molar-refractivity contribution < 1.29 is 9.53 Å². The lowest BCUT2D eigenvalue weighted by Crippen LogP contribution is -2.29. The van der Waals surface area contributed by atoms with Crippen LogP contribution in [0.2, 0.25) is 0 Å². The zero-order valence-corrected chi connectivity index (χ0v) is 10.4. The Bertz CT molecular complexity index is 349. The number of hydrogen-bond donors (Lipinski definition) is 2. The van der Waals surface area contributed by atoms with Gasteiger partial charge in [0.1, 0.15) is 5.75 Å². The highest BCUT2D eigenvalue weighted by atomic mass is 16.5. The average Bonchev–Trinajstić information content (AvgIpc) is 2.36. The Morgan fingerprint density at radius 1 is 1.41 bits per heavy atom. The summed E-state index contributed by atoms with van der Waals surface area (Å²) < 4.78 is 5.03. The summed E-state index contributed by atoms with van der Waals surface area (Å²) in [7, 11) is 1.60. The van der Waals surface area contributed by atoms with Gasteiger partial charge in [0.15, 0.2) is 0 Å². The third-order valence-electron chi connectivity index (χ3n) is 2.62. The molecule has 4 heteroatoms. The SMILES string of the molecule is COc1ccc(C(=O)NCC(C)CCN)cc1. The maximum Gasteiger partial charge on any atom is 0.251 e. The lowest BCUT2D eigenvalue weighted by molar-refractivity contribution is 0.0947. The highest BCUT2D eigenvalue weighted by Crippen LogP contribution is 2.11. The van der Waals surface area contributed by atoms with E-state index in [2.05, 4.69) is 12.2 Å². The van der Waals surface area contributed by atoms with Crippen molar-refractivity contribution in [2.24, 2.45) is 11.7 Å². The van der Waals surface area contributed by atoms with Crippen LogP contribution in [-0.2, 0) is 0 Å². The van der Waals surface area contributed by atoms with Crippen molar-refractivity contribution in [1.82, 2.24) is 5.32 Å². The molecule has 0 bridgehead atoms. The highest BCUT2D eigenvalue weighted by Gasteiger charge is 2.07. The first-order valence-corrected chi connectivity index (χ1v) is 5.79. The van der Waals surface area contributed by atoms with Gasteiger partial charge >= 0.3 is 0 Å². The minimum atomic E-state index is -0.0588. The minimum Gasteiger partial charge on any atom is -0.497 e. The van der Waals surface area contributed by atoms with E-state index in [0.717, 1.165) is 12.2 Å². The minimum absolute atomic E-state index is 0.0588. The number of benzene rings is 1. The van der Waals surface area contributed by atoms with Gasteiger partial charge in [-0.05, 0) is 43.1 Å². The summed E-state index contributed by atoms with van der Waals surface area (Å²) in [5, 5.41) is 2.89. The first kappa shape index (κ1) is 13.5. The number of carbonyl (C=O) groups excluding carboxylic acids is 1. The molecular formula is C13H20N2O2. The quantitative estimate of drug-likeness (QED) is 0.785. The lowest BCUT2D eigenvalue weighted by Gasteiger charge is -2.11. The van der Waals surface area contributed by atoms with E-state index in [0.29, 0.717) is 24.6 Å². The third kappa shape index (κ3) is 4.44. The molecule has 0 aliphatic rings. The number of methoxy groups -OCH3 is 1. The van der Waals surface area contributed by atoms with E-state index in [9.17, 15) is 4.79 Å². The van der Waals surface area contributed by atoms with Crippen LogP contribution in [0, 0.1) is 5.92 Å². The van der Waals surface area contributed by atoms with Crippen molar-refractivity contribution in [2.45, 2.75) is 13.3 Å². The van der Waals surface area contributed by atoms with Gasteiger partial charge in [0.2, 0.25) is 0 Å². The van der Waals surface area contributed by atoms with Crippen LogP contribution in [0.5, 0.6) is 5.75 Å². The molecule has 1 unspecified atom stereocenters. The van der Waals surface area contributed by atoms with Crippen molar-refractivity contribution in [3.8, 4) is 5.75 Å². The standard InChI is InChI=1S/C13H20N2O2/c1-10(7-8-14)9-15-13(16)11-3-5-12(17-2)6-4-11/h3-6,10H,7-9,14H2,1-2H3,(H,15,16). The van der Waals surface area contributed by atoms with Gasteiger partial charge in [-0.3, -0.25) is 4.79 Å². The van der Waals surface area contributed by atoms with Gasteiger partial charge in [-0.15, -0.1) is 0 Å². The van der Waals surface area contributed by atoms with Crippen molar-refractivity contribution in [3.63, 3.8) is 0 Å². The van der Waals surface area contributed by atoms with Gasteiger partial charge in [-0.2, -0.15) is 0 Å². The molecule has 94 valence electrons. The Balaban J connectivity index is 2.46. The van der Waals surface area contributed by atoms with E-state index in [-0.39, 0.29) is 5.91 Å². The molecule has 1 rings (SSSR count). The second-order valence-electron chi connectivity index (χ2n) is 4.12. The first-order chi connectivity index (χ1) is 8.17. The summed E-state index contributed by atoms with van der Waals surface area (Å²) in [5.74, 6) is 1.09. The molecule has 0 aliphatic heterocycles. The average molecular weight is 236 g/mol. The zero-order chi connectivity index (χ0) is 12.7. The molecule has 0 saturated carbocycles. The molecule has 1 aromatic rings. The molecule has 0 saturated heterocycles. The van der Waals surface area contributed by atoms with Crippen LogP contribution >= 0.6 is 0 Å². The van der Waals surface area contributed by atoms with Crippen LogP contribution in [-0.4, -0.2) is 26.1 Å². The molecule has 0 radical (unpaired) electrons. The zero-order valence-electron chi connectivity index (χ0n) is 10.4. The molecule has 1 amide bonds. The molecule has 4 nitrogen and oxygen atoms in total. The Morgan fingerprint density at radius 3 is 2.59 bits per heavy atom. The van der Waals surface area contributed by atoms with Crippen molar-refractivity contribution in [1.29, 1.82) is 0 Å². The topological polar surface area (TPSA) is 64.3 Å². The Hall–Kier alpha value is -1.55. The summed E-state index contributed by atoms with van der Waals surface area (Å²) in [5.41, 5.74) is 6.10. The monoisotopic (exact) mass is 236 g/mol. The fourth-order valence-corrected chi connectivity index (χ4v) is 1.50. The molecule has 0 spiro atoms. The molecule has 1 aromatic carbocycles. The summed E-state index contributed by atoms with van der Waals surface area (Å²) >= 11 is 0. The van der Waals surface area contributed by atoms with E-state index >= 15 is 0 Å². The van der Waals surface area contributed by atoms with Crippen LogP contribution in [0.4, 0.5) is 0 Å². The van der Waals surface area contributed by atoms with Crippen LogP contribution < -0.4 is 15.8 Å². The number of nitrogens with two attached hydrogens (primary N) is 1. The summed E-state index contributed by atoms with van der Waals surface area (Å²) in [6.07, 6.45) is 0.920. The molecule has 1 atom stereocenters. The summed E-state index contributed by atoms with van der Waals surface area (Å²) in [4.78, 5) is 11.8. The van der Waals surface area contributed by atoms with Gasteiger partial charge in [0.25, 0.3) is 5.91 Å². The van der Waals surface area contributed by atoms with E-state index < -0.39 is 0 Å². The second-order valence-corrected chi connectivity index (χ2v) is 4.12. The smallest absolute Gasteiger partial charge is 0.251 e. The summed E-state index contributed by atoms with van der Waals surface area (Å²) in [6, 6.07) is 7.06. The van der Waals surface area contributed by atoms with Crippen molar-refractivity contribution in [2.75, 3.05) is 20.2 Å². The number of amides is 1.